The molecule has 0 atom stereocenters. The van der Waals surface area contributed by atoms with Gasteiger partial charge >= 0.3 is 51.4 Å². The number of hydrogen-bond acceptors (Lipinski definition) is 5. The van der Waals surface area contributed by atoms with Gasteiger partial charge in [-0.15, -0.1) is 17.5 Å². The van der Waals surface area contributed by atoms with Crippen LogP contribution < -0.4 is 0 Å². The summed E-state index contributed by atoms with van der Waals surface area (Å²) in [5.74, 6) is 1.55. The molecular formula is C22H25Cl2KN6O. The van der Waals surface area contributed by atoms with E-state index >= 15 is 0 Å². The predicted octanol–water partition coefficient (Wildman–Crippen LogP) is 4.04. The Labute approximate surface area is 240 Å². The first kappa shape index (κ1) is 27.1. The molecule has 0 amide bonds. The molecule has 0 saturated carbocycles. The Hall–Kier alpha value is -1.10. The zero-order chi connectivity index (χ0) is 20.9. The number of imidazole rings is 1. The van der Waals surface area contributed by atoms with E-state index in [1.165, 1.54) is 0 Å². The van der Waals surface area contributed by atoms with E-state index < -0.39 is 0 Å². The number of tetrazole rings is 1. The van der Waals surface area contributed by atoms with Gasteiger partial charge in [-0.05, 0) is 33.5 Å². The van der Waals surface area contributed by atoms with Crippen molar-refractivity contribution in [2.75, 3.05) is 0 Å². The molecule has 0 saturated heterocycles. The van der Waals surface area contributed by atoms with E-state index in [2.05, 4.69) is 62.9 Å². The second-order valence-electron chi connectivity index (χ2n) is 7.11. The number of aliphatic hydroxyl groups excluding tert-OH is 1. The number of rotatable bonds is 8. The zero-order valence-corrected chi connectivity index (χ0v) is 18.7. The standard InChI is InChI=1S/C22H23ClN6O.ClH.K.H/c1-2-3-8-20-24-21(23)19(14-30)29(20)13-15-9-11-16(12-10-15)17-6-4-5-7-18(17)22-25-27-28-26-22;;;/h4-7,9-12,30H,2-3,8,13-14H2,1H3,(H,25,26,27,28);1H;;. The molecule has 0 radical (unpaired) electrons. The van der Waals surface area contributed by atoms with Crippen molar-refractivity contribution in [3.05, 3.63) is 70.8 Å². The average molecular weight is 499 g/mol. The molecule has 0 fully saturated rings. The van der Waals surface area contributed by atoms with Gasteiger partial charge < -0.3 is 9.67 Å². The summed E-state index contributed by atoms with van der Waals surface area (Å²) in [7, 11) is 0. The molecule has 0 aliphatic rings. The summed E-state index contributed by atoms with van der Waals surface area (Å²) in [6.07, 6.45) is 2.95. The Morgan fingerprint density at radius 3 is 2.41 bits per heavy atom. The fourth-order valence-corrected chi connectivity index (χ4v) is 3.81. The van der Waals surface area contributed by atoms with Gasteiger partial charge in [-0.3, -0.25) is 0 Å². The summed E-state index contributed by atoms with van der Waals surface area (Å²) in [5.41, 5.74) is 4.84. The van der Waals surface area contributed by atoms with Gasteiger partial charge in [-0.25, -0.2) is 10.1 Å². The number of H-pyrrole nitrogens is 1. The van der Waals surface area contributed by atoms with Crippen molar-refractivity contribution in [2.24, 2.45) is 0 Å². The number of aromatic amines is 1. The van der Waals surface area contributed by atoms with Crippen molar-refractivity contribution in [3.63, 3.8) is 0 Å². The molecule has 0 spiro atoms. The molecule has 0 aliphatic heterocycles. The maximum absolute atomic E-state index is 9.77. The van der Waals surface area contributed by atoms with Crippen LogP contribution in [-0.4, -0.2) is 86.7 Å². The molecule has 0 bridgehead atoms. The van der Waals surface area contributed by atoms with Crippen molar-refractivity contribution in [2.45, 2.75) is 39.3 Å². The quantitative estimate of drug-likeness (QED) is 0.357. The first-order chi connectivity index (χ1) is 14.7. The second-order valence-corrected chi connectivity index (χ2v) is 7.46. The minimum atomic E-state index is -0.130. The van der Waals surface area contributed by atoms with Gasteiger partial charge in [-0.2, -0.15) is 0 Å². The topological polar surface area (TPSA) is 92.5 Å². The molecular weight excluding hydrogens is 474 g/mol. The Kier molecular flexibility index (Phi) is 11.0. The monoisotopic (exact) mass is 498 g/mol. The first-order valence-corrected chi connectivity index (χ1v) is 10.4. The Bertz CT molecular complexity index is 1120. The van der Waals surface area contributed by atoms with Gasteiger partial charge in [0.2, 0.25) is 0 Å². The minimum absolute atomic E-state index is 0. The molecule has 2 N–H and O–H groups in total. The molecule has 10 heteroatoms. The Balaban J connectivity index is 0.00000181. The first-order valence-electron chi connectivity index (χ1n) is 9.98. The number of aromatic nitrogens is 6. The fourth-order valence-electron chi connectivity index (χ4n) is 3.56. The van der Waals surface area contributed by atoms with Crippen LogP contribution in [-0.2, 0) is 19.6 Å². The number of hydrogen-bond donors (Lipinski definition) is 2. The van der Waals surface area contributed by atoms with E-state index in [4.69, 9.17) is 11.6 Å². The van der Waals surface area contributed by atoms with Crippen molar-refractivity contribution < 1.29 is 5.11 Å². The molecule has 2 heterocycles. The van der Waals surface area contributed by atoms with Gasteiger partial charge in [0.25, 0.3) is 0 Å². The number of halogens is 2. The van der Waals surface area contributed by atoms with Crippen LogP contribution in [0.25, 0.3) is 22.5 Å². The number of nitrogens with zero attached hydrogens (tertiary/aromatic N) is 5. The summed E-state index contributed by atoms with van der Waals surface area (Å²) < 4.78 is 2.03. The van der Waals surface area contributed by atoms with Crippen LogP contribution in [0.5, 0.6) is 0 Å². The van der Waals surface area contributed by atoms with Crippen LogP contribution in [0.15, 0.2) is 48.5 Å². The molecule has 0 unspecified atom stereocenters. The van der Waals surface area contributed by atoms with E-state index in [1.807, 2.05) is 22.8 Å². The second kappa shape index (κ2) is 13.0. The molecule has 2 aromatic carbocycles. The number of aliphatic hydroxyl groups is 1. The normalized spacial score (nSPS) is 10.5. The van der Waals surface area contributed by atoms with E-state index in [1.54, 1.807) is 0 Å². The third-order valence-corrected chi connectivity index (χ3v) is 5.44. The van der Waals surface area contributed by atoms with Crippen molar-refractivity contribution in [1.82, 2.24) is 30.2 Å². The van der Waals surface area contributed by atoms with Crippen LogP contribution in [0, 0.1) is 0 Å². The molecule has 32 heavy (non-hydrogen) atoms. The Morgan fingerprint density at radius 1 is 1.06 bits per heavy atom. The van der Waals surface area contributed by atoms with Gasteiger partial charge in [0.15, 0.2) is 11.0 Å². The number of aryl methyl sites for hydroxylation is 1. The third-order valence-electron chi connectivity index (χ3n) is 5.14. The fraction of sp³-hybridized carbons (Fsp3) is 0.273. The van der Waals surface area contributed by atoms with Gasteiger partial charge in [0.05, 0.1) is 12.3 Å². The van der Waals surface area contributed by atoms with E-state index in [9.17, 15) is 5.11 Å². The summed E-state index contributed by atoms with van der Waals surface area (Å²) in [6, 6.07) is 16.3. The van der Waals surface area contributed by atoms with Gasteiger partial charge in [0.1, 0.15) is 5.82 Å². The van der Waals surface area contributed by atoms with Crippen LogP contribution >= 0.6 is 24.0 Å². The zero-order valence-electron chi connectivity index (χ0n) is 17.1. The number of unbranched alkanes of at least 4 members (excludes halogenated alkanes) is 1. The number of nitrogens with one attached hydrogen (secondary N) is 1. The molecule has 2 aromatic heterocycles. The maximum atomic E-state index is 9.77. The summed E-state index contributed by atoms with van der Waals surface area (Å²) in [4.78, 5) is 4.47. The van der Waals surface area contributed by atoms with Crippen LogP contribution in [0.4, 0.5) is 0 Å². The molecule has 164 valence electrons. The van der Waals surface area contributed by atoms with Gasteiger partial charge in [0, 0.05) is 18.5 Å². The van der Waals surface area contributed by atoms with Crippen LogP contribution in [0.1, 0.15) is 36.8 Å². The molecule has 4 aromatic rings. The van der Waals surface area contributed by atoms with Crippen molar-refractivity contribution in [1.29, 1.82) is 0 Å². The molecule has 7 nitrogen and oxygen atoms in total. The Morgan fingerprint density at radius 2 is 1.78 bits per heavy atom. The summed E-state index contributed by atoms with van der Waals surface area (Å²) >= 11 is 6.26. The van der Waals surface area contributed by atoms with Gasteiger partial charge in [-0.1, -0.05) is 73.5 Å². The summed E-state index contributed by atoms with van der Waals surface area (Å²) in [5, 5.41) is 24.4. The SMILES string of the molecule is CCCCc1nc(Cl)c(CO)n1Cc1ccc(-c2ccccc2-c2nnn[nH]2)cc1.Cl.[KH]. The van der Waals surface area contributed by atoms with Crippen molar-refractivity contribution >= 4 is 75.4 Å². The van der Waals surface area contributed by atoms with E-state index in [-0.39, 0.29) is 70.4 Å². The molecule has 0 aliphatic carbocycles. The summed E-state index contributed by atoms with van der Waals surface area (Å²) in [6.45, 7) is 2.63. The van der Waals surface area contributed by atoms with Crippen LogP contribution in [0.3, 0.4) is 0 Å². The van der Waals surface area contributed by atoms with E-state index in [0.717, 1.165) is 47.3 Å². The van der Waals surface area contributed by atoms with Crippen molar-refractivity contribution in [3.8, 4) is 22.5 Å². The molecule has 4 rings (SSSR count). The third kappa shape index (κ3) is 6.06. The number of benzene rings is 2. The predicted molar refractivity (Wildman–Crippen MR) is 130 cm³/mol. The average Bonchev–Trinajstić information content (AvgIpc) is 3.41. The van der Waals surface area contributed by atoms with Crippen LogP contribution in [0.2, 0.25) is 5.15 Å². The van der Waals surface area contributed by atoms with E-state index in [0.29, 0.717) is 23.2 Å².